The number of aliphatic imine (C=N–C) groups is 1. The highest BCUT2D eigenvalue weighted by Crippen LogP contribution is 2.09. The second-order valence-electron chi connectivity index (χ2n) is 8.34. The van der Waals surface area contributed by atoms with Crippen LogP contribution in [0.25, 0.3) is 0 Å². The van der Waals surface area contributed by atoms with Crippen molar-refractivity contribution in [2.75, 3.05) is 6.54 Å². The number of nitrogens with zero attached hydrogens (tertiary/aromatic N) is 1. The molecule has 0 radical (unpaired) electrons. The summed E-state index contributed by atoms with van der Waals surface area (Å²) in [5.74, 6) is -2.75. The zero-order chi connectivity index (χ0) is 25.0. The summed E-state index contributed by atoms with van der Waals surface area (Å²) in [4.78, 5) is 40.7. The summed E-state index contributed by atoms with van der Waals surface area (Å²) >= 11 is 0. The molecule has 4 atom stereocenters. The molecular formula is C22H36N6O5. The van der Waals surface area contributed by atoms with Gasteiger partial charge < -0.3 is 38.0 Å². The van der Waals surface area contributed by atoms with Crippen molar-refractivity contribution in [2.45, 2.75) is 63.8 Å². The Kier molecular flexibility index (Phi) is 11.9. The van der Waals surface area contributed by atoms with Crippen LogP contribution in [0.5, 0.6) is 0 Å². The third-order valence-electron chi connectivity index (χ3n) is 4.89. The fourth-order valence-corrected chi connectivity index (χ4v) is 3.19. The number of hydrogen-bond donors (Lipinski definition) is 7. The fraction of sp³-hybridized carbons (Fsp3) is 0.545. The molecule has 11 nitrogen and oxygen atoms in total. The molecule has 0 aromatic heterocycles. The Hall–Kier alpha value is -3.18. The lowest BCUT2D eigenvalue weighted by Gasteiger charge is -2.25. The maximum atomic E-state index is 12.8. The van der Waals surface area contributed by atoms with E-state index in [-0.39, 0.29) is 37.7 Å². The van der Waals surface area contributed by atoms with Crippen LogP contribution in [0, 0.1) is 5.92 Å². The summed E-state index contributed by atoms with van der Waals surface area (Å²) in [6.45, 7) is 3.93. The van der Waals surface area contributed by atoms with E-state index in [0.717, 1.165) is 5.56 Å². The number of rotatable bonds is 14. The molecule has 0 aliphatic heterocycles. The molecule has 0 heterocycles. The Morgan fingerprint density at radius 1 is 1.03 bits per heavy atom. The zero-order valence-corrected chi connectivity index (χ0v) is 19.1. The number of aliphatic carboxylic acids is 1. The summed E-state index contributed by atoms with van der Waals surface area (Å²) in [6.07, 6.45) is -0.581. The van der Waals surface area contributed by atoms with E-state index in [1.165, 1.54) is 0 Å². The van der Waals surface area contributed by atoms with E-state index in [4.69, 9.17) is 17.2 Å². The first-order valence-electron chi connectivity index (χ1n) is 10.9. The molecule has 33 heavy (non-hydrogen) atoms. The van der Waals surface area contributed by atoms with Gasteiger partial charge in [-0.3, -0.25) is 14.6 Å². The van der Waals surface area contributed by atoms with E-state index >= 15 is 0 Å². The van der Waals surface area contributed by atoms with E-state index in [1.807, 2.05) is 44.2 Å². The Bertz CT molecular complexity index is 798. The Morgan fingerprint density at radius 3 is 2.18 bits per heavy atom. The van der Waals surface area contributed by atoms with Crippen LogP contribution < -0.4 is 27.8 Å². The summed E-state index contributed by atoms with van der Waals surface area (Å²) in [6, 6.07) is 6.08. The normalized spacial score (nSPS) is 14.6. The van der Waals surface area contributed by atoms with Gasteiger partial charge in [0.2, 0.25) is 5.91 Å². The van der Waals surface area contributed by atoms with Crippen molar-refractivity contribution in [3.63, 3.8) is 0 Å². The maximum absolute atomic E-state index is 12.8. The molecule has 184 valence electrons. The van der Waals surface area contributed by atoms with Crippen LogP contribution in [0.15, 0.2) is 35.3 Å². The van der Waals surface area contributed by atoms with Crippen LogP contribution in [-0.4, -0.2) is 64.7 Å². The van der Waals surface area contributed by atoms with Crippen molar-refractivity contribution in [3.8, 4) is 0 Å². The number of aliphatic hydroxyl groups excluding tert-OH is 1. The lowest BCUT2D eigenvalue weighted by molar-refractivity contribution is -0.142. The van der Waals surface area contributed by atoms with Crippen molar-refractivity contribution in [3.05, 3.63) is 35.9 Å². The SMILES string of the molecule is CC(C)C[C@H](NC(=O)C(O)C(N)Cc1ccccc1)C(=O)N[C@@H](CCCN=C(N)N)C(=O)O. The van der Waals surface area contributed by atoms with E-state index in [1.54, 1.807) is 0 Å². The van der Waals surface area contributed by atoms with Gasteiger partial charge in [-0.15, -0.1) is 0 Å². The minimum Gasteiger partial charge on any atom is -0.480 e. The fourth-order valence-electron chi connectivity index (χ4n) is 3.19. The van der Waals surface area contributed by atoms with Crippen LogP contribution in [0.1, 0.15) is 38.7 Å². The Balaban J connectivity index is 2.77. The number of benzene rings is 1. The number of guanidine groups is 1. The van der Waals surface area contributed by atoms with Crippen LogP contribution in [0.4, 0.5) is 0 Å². The van der Waals surface area contributed by atoms with Gasteiger partial charge >= 0.3 is 5.97 Å². The number of nitrogens with one attached hydrogen (secondary N) is 2. The highest BCUT2D eigenvalue weighted by Gasteiger charge is 2.30. The minimum atomic E-state index is -1.54. The molecule has 0 aliphatic carbocycles. The molecule has 1 aromatic carbocycles. The number of carbonyl (C=O) groups is 3. The summed E-state index contributed by atoms with van der Waals surface area (Å²) in [7, 11) is 0. The lowest BCUT2D eigenvalue weighted by atomic mass is 9.99. The highest BCUT2D eigenvalue weighted by atomic mass is 16.4. The van der Waals surface area contributed by atoms with Crippen molar-refractivity contribution >= 4 is 23.7 Å². The first-order valence-corrected chi connectivity index (χ1v) is 10.9. The number of carbonyl (C=O) groups excluding carboxylic acids is 2. The van der Waals surface area contributed by atoms with Crippen molar-refractivity contribution in [1.29, 1.82) is 0 Å². The Labute approximate surface area is 193 Å². The molecule has 11 heteroatoms. The van der Waals surface area contributed by atoms with Crippen molar-refractivity contribution < 1.29 is 24.6 Å². The maximum Gasteiger partial charge on any atom is 0.326 e. The zero-order valence-electron chi connectivity index (χ0n) is 19.1. The molecule has 0 saturated heterocycles. The average Bonchev–Trinajstić information content (AvgIpc) is 2.74. The summed E-state index contributed by atoms with van der Waals surface area (Å²) in [5, 5.41) is 24.8. The molecule has 0 saturated carbocycles. The van der Waals surface area contributed by atoms with Crippen LogP contribution in [0.2, 0.25) is 0 Å². The van der Waals surface area contributed by atoms with Crippen molar-refractivity contribution in [2.24, 2.45) is 28.1 Å². The van der Waals surface area contributed by atoms with Crippen LogP contribution >= 0.6 is 0 Å². The highest BCUT2D eigenvalue weighted by molar-refractivity contribution is 5.91. The topological polar surface area (TPSA) is 206 Å². The molecule has 1 aromatic rings. The molecule has 0 spiro atoms. The second kappa shape index (κ2) is 14.1. The van der Waals surface area contributed by atoms with E-state index < -0.39 is 42.0 Å². The average molecular weight is 465 g/mol. The van der Waals surface area contributed by atoms with Gasteiger partial charge in [-0.2, -0.15) is 0 Å². The molecule has 10 N–H and O–H groups in total. The van der Waals surface area contributed by atoms with Gasteiger partial charge in [-0.05, 0) is 37.2 Å². The first-order chi connectivity index (χ1) is 15.5. The largest absolute Gasteiger partial charge is 0.480 e. The predicted octanol–water partition coefficient (Wildman–Crippen LogP) is -0.929. The number of aliphatic hydroxyl groups is 1. The minimum absolute atomic E-state index is 0.0151. The standard InChI is InChI=1S/C22H36N6O5/c1-13(2)11-17(19(30)27-16(21(32)33)9-6-10-26-22(24)25)28-20(31)18(29)15(23)12-14-7-4-3-5-8-14/h3-5,7-8,13,15-18,29H,6,9-12,23H2,1-2H3,(H,27,30)(H,28,31)(H,32,33)(H4,24,25,26)/t15?,16-,17-,18?/m0/s1. The molecule has 0 fully saturated rings. The van der Waals surface area contributed by atoms with Crippen LogP contribution in [-0.2, 0) is 20.8 Å². The predicted molar refractivity (Wildman–Crippen MR) is 125 cm³/mol. The van der Waals surface area contributed by atoms with Crippen LogP contribution in [0.3, 0.4) is 0 Å². The number of carboxylic acids is 1. The van der Waals surface area contributed by atoms with Gasteiger partial charge in [-0.25, -0.2) is 4.79 Å². The number of amides is 2. The quantitative estimate of drug-likeness (QED) is 0.104. The Morgan fingerprint density at radius 2 is 1.64 bits per heavy atom. The lowest BCUT2D eigenvalue weighted by Crippen LogP contribution is -2.56. The monoisotopic (exact) mass is 464 g/mol. The second-order valence-corrected chi connectivity index (χ2v) is 8.34. The smallest absolute Gasteiger partial charge is 0.326 e. The van der Waals surface area contributed by atoms with Crippen molar-refractivity contribution in [1.82, 2.24) is 10.6 Å². The molecule has 2 unspecified atom stereocenters. The van der Waals surface area contributed by atoms with Gasteiger partial charge in [0.1, 0.15) is 18.2 Å². The van der Waals surface area contributed by atoms with E-state index in [0.29, 0.717) is 6.42 Å². The molecular weight excluding hydrogens is 428 g/mol. The number of hydrogen-bond acceptors (Lipinski definition) is 6. The molecule has 0 aliphatic rings. The number of carboxylic acid groups (broad SMARTS) is 1. The molecule has 2 amide bonds. The van der Waals surface area contributed by atoms with Gasteiger partial charge in [0.25, 0.3) is 5.91 Å². The summed E-state index contributed by atoms with van der Waals surface area (Å²) in [5.41, 5.74) is 17.3. The van der Waals surface area contributed by atoms with E-state index in [2.05, 4.69) is 15.6 Å². The van der Waals surface area contributed by atoms with Gasteiger partial charge in [0.15, 0.2) is 5.96 Å². The first kappa shape index (κ1) is 27.9. The van der Waals surface area contributed by atoms with E-state index in [9.17, 15) is 24.6 Å². The third kappa shape index (κ3) is 10.8. The van der Waals surface area contributed by atoms with Gasteiger partial charge in [0.05, 0.1) is 0 Å². The van der Waals surface area contributed by atoms with Gasteiger partial charge in [0, 0.05) is 12.6 Å². The number of nitrogens with two attached hydrogens (primary N) is 3. The molecule has 1 rings (SSSR count). The van der Waals surface area contributed by atoms with Gasteiger partial charge in [-0.1, -0.05) is 44.2 Å². The molecule has 0 bridgehead atoms. The summed E-state index contributed by atoms with van der Waals surface area (Å²) < 4.78 is 0. The third-order valence-corrected chi connectivity index (χ3v) is 4.89.